The average molecular weight is 364 g/mol. The Hall–Kier alpha value is -1.69. The second-order valence-corrected chi connectivity index (χ2v) is 7.28. The monoisotopic (exact) mass is 363 g/mol. The molecule has 2 heterocycles. The van der Waals surface area contributed by atoms with Gasteiger partial charge < -0.3 is 4.74 Å². The third kappa shape index (κ3) is 2.56. The van der Waals surface area contributed by atoms with Crippen molar-refractivity contribution in [2.45, 2.75) is 46.4 Å². The zero-order chi connectivity index (χ0) is 16.1. The SMILES string of the molecule is Cc1c2c(c3nccnc3c1Br)CN(C(=O)OC(C)(C)C)C2. The quantitative estimate of drug-likeness (QED) is 0.710. The number of rotatable bonds is 0. The van der Waals surface area contributed by atoms with Crippen molar-refractivity contribution in [2.75, 3.05) is 0 Å². The number of nitrogens with zero attached hydrogens (tertiary/aromatic N) is 3. The fraction of sp³-hybridized carbons (Fsp3) is 0.438. The van der Waals surface area contributed by atoms with Crippen LogP contribution in [-0.4, -0.2) is 26.6 Å². The second-order valence-electron chi connectivity index (χ2n) is 6.49. The lowest BCUT2D eigenvalue weighted by Gasteiger charge is -2.24. The van der Waals surface area contributed by atoms with Crippen molar-refractivity contribution >= 4 is 33.1 Å². The molecule has 1 amide bonds. The number of ether oxygens (including phenoxy) is 1. The predicted octanol–water partition coefficient (Wildman–Crippen LogP) is 3.95. The van der Waals surface area contributed by atoms with Crippen LogP contribution in [0.2, 0.25) is 0 Å². The van der Waals surface area contributed by atoms with E-state index in [9.17, 15) is 4.79 Å². The molecule has 0 unspecified atom stereocenters. The van der Waals surface area contributed by atoms with Crippen LogP contribution in [-0.2, 0) is 17.8 Å². The van der Waals surface area contributed by atoms with Crippen LogP contribution in [0, 0.1) is 6.92 Å². The van der Waals surface area contributed by atoms with Gasteiger partial charge >= 0.3 is 6.09 Å². The maximum Gasteiger partial charge on any atom is 0.410 e. The van der Waals surface area contributed by atoms with Gasteiger partial charge in [-0.3, -0.25) is 14.9 Å². The molecular weight excluding hydrogens is 346 g/mol. The van der Waals surface area contributed by atoms with E-state index in [1.165, 1.54) is 0 Å². The summed E-state index contributed by atoms with van der Waals surface area (Å²) in [5, 5.41) is 0. The van der Waals surface area contributed by atoms with Gasteiger partial charge in [-0.15, -0.1) is 0 Å². The molecule has 0 aliphatic carbocycles. The molecule has 0 spiro atoms. The minimum atomic E-state index is -0.497. The first-order valence-corrected chi connectivity index (χ1v) is 7.95. The standard InChI is InChI=1S/C16H18BrN3O2/c1-9-10-7-20(15(21)22-16(2,3)4)8-11(10)13-14(12(9)17)19-6-5-18-13/h5-6H,7-8H2,1-4H3. The number of benzene rings is 1. The lowest BCUT2D eigenvalue weighted by Crippen LogP contribution is -2.33. The highest BCUT2D eigenvalue weighted by Gasteiger charge is 2.31. The highest BCUT2D eigenvalue weighted by atomic mass is 79.9. The zero-order valence-electron chi connectivity index (χ0n) is 13.1. The molecule has 0 saturated heterocycles. The van der Waals surface area contributed by atoms with Crippen LogP contribution in [0.25, 0.3) is 11.0 Å². The van der Waals surface area contributed by atoms with E-state index < -0.39 is 5.60 Å². The van der Waals surface area contributed by atoms with Crippen LogP contribution in [0.15, 0.2) is 16.9 Å². The third-order valence-corrected chi connectivity index (χ3v) is 4.66. The molecule has 3 rings (SSSR count). The highest BCUT2D eigenvalue weighted by molar-refractivity contribution is 9.10. The van der Waals surface area contributed by atoms with E-state index in [4.69, 9.17) is 4.74 Å². The molecule has 1 aliphatic heterocycles. The van der Waals surface area contributed by atoms with Crippen LogP contribution in [0.1, 0.15) is 37.5 Å². The molecule has 1 aliphatic rings. The van der Waals surface area contributed by atoms with E-state index in [1.54, 1.807) is 17.3 Å². The predicted molar refractivity (Wildman–Crippen MR) is 87.5 cm³/mol. The molecule has 5 nitrogen and oxygen atoms in total. The summed E-state index contributed by atoms with van der Waals surface area (Å²) in [6.45, 7) is 8.70. The zero-order valence-corrected chi connectivity index (χ0v) is 14.7. The summed E-state index contributed by atoms with van der Waals surface area (Å²) >= 11 is 3.60. The smallest absolute Gasteiger partial charge is 0.410 e. The van der Waals surface area contributed by atoms with Crippen molar-refractivity contribution in [3.05, 3.63) is 33.6 Å². The van der Waals surface area contributed by atoms with Crippen molar-refractivity contribution < 1.29 is 9.53 Å². The number of carbonyl (C=O) groups excluding carboxylic acids is 1. The molecule has 1 aromatic heterocycles. The summed E-state index contributed by atoms with van der Waals surface area (Å²) in [7, 11) is 0. The fourth-order valence-corrected chi connectivity index (χ4v) is 3.21. The number of carbonyl (C=O) groups is 1. The number of hydrogen-bond acceptors (Lipinski definition) is 4. The number of aromatic nitrogens is 2. The molecule has 2 aromatic rings. The van der Waals surface area contributed by atoms with Gasteiger partial charge in [-0.1, -0.05) is 0 Å². The molecule has 0 bridgehead atoms. The first-order valence-electron chi connectivity index (χ1n) is 7.16. The molecule has 0 fully saturated rings. The Labute approximate surface area is 137 Å². The minimum absolute atomic E-state index is 0.295. The van der Waals surface area contributed by atoms with E-state index in [1.807, 2.05) is 27.7 Å². The third-order valence-electron chi connectivity index (χ3n) is 3.69. The summed E-state index contributed by atoms with van der Waals surface area (Å²) in [5.74, 6) is 0. The van der Waals surface area contributed by atoms with Crippen LogP contribution in [0.3, 0.4) is 0 Å². The molecule has 0 atom stereocenters. The first-order chi connectivity index (χ1) is 10.3. The number of hydrogen-bond donors (Lipinski definition) is 0. The van der Waals surface area contributed by atoms with Gasteiger partial charge in [0.05, 0.1) is 18.6 Å². The summed E-state index contributed by atoms with van der Waals surface area (Å²) in [6.07, 6.45) is 3.07. The lowest BCUT2D eigenvalue weighted by atomic mass is 10.0. The maximum atomic E-state index is 12.3. The molecule has 0 radical (unpaired) electrons. The van der Waals surface area contributed by atoms with E-state index in [0.717, 1.165) is 32.2 Å². The van der Waals surface area contributed by atoms with Crippen molar-refractivity contribution in [3.8, 4) is 0 Å². The lowest BCUT2D eigenvalue weighted by molar-refractivity contribution is 0.0242. The van der Waals surface area contributed by atoms with Gasteiger partial charge in [0.1, 0.15) is 11.1 Å². The van der Waals surface area contributed by atoms with Crippen molar-refractivity contribution in [1.82, 2.24) is 14.9 Å². The van der Waals surface area contributed by atoms with Gasteiger partial charge in [-0.05, 0) is 54.8 Å². The first kappa shape index (κ1) is 15.2. The fourth-order valence-electron chi connectivity index (χ4n) is 2.68. The highest BCUT2D eigenvalue weighted by Crippen LogP contribution is 2.37. The number of fused-ring (bicyclic) bond motifs is 3. The van der Waals surface area contributed by atoms with Crippen molar-refractivity contribution in [2.24, 2.45) is 0 Å². The van der Waals surface area contributed by atoms with Gasteiger partial charge in [0.2, 0.25) is 0 Å². The average Bonchev–Trinajstić information content (AvgIpc) is 2.88. The molecular formula is C16H18BrN3O2. The topological polar surface area (TPSA) is 55.3 Å². The molecule has 22 heavy (non-hydrogen) atoms. The summed E-state index contributed by atoms with van der Waals surface area (Å²) in [5.41, 5.74) is 4.49. The van der Waals surface area contributed by atoms with Crippen molar-refractivity contribution in [3.63, 3.8) is 0 Å². The molecule has 6 heteroatoms. The molecule has 0 saturated carbocycles. The van der Waals surface area contributed by atoms with Crippen molar-refractivity contribution in [1.29, 1.82) is 0 Å². The Morgan fingerprint density at radius 1 is 1.18 bits per heavy atom. The number of amides is 1. The Kier molecular flexibility index (Phi) is 3.59. The summed E-state index contributed by atoms with van der Waals surface area (Å²) < 4.78 is 6.42. The van der Waals surface area contributed by atoms with Gasteiger partial charge in [-0.25, -0.2) is 4.79 Å². The molecule has 116 valence electrons. The minimum Gasteiger partial charge on any atom is -0.444 e. The Bertz CT molecular complexity index is 768. The largest absolute Gasteiger partial charge is 0.444 e. The van der Waals surface area contributed by atoms with Gasteiger partial charge in [0, 0.05) is 22.4 Å². The summed E-state index contributed by atoms with van der Waals surface area (Å²) in [6, 6.07) is 0. The molecule has 0 N–H and O–H groups in total. The van der Waals surface area contributed by atoms with Crippen LogP contribution in [0.4, 0.5) is 4.79 Å². The summed E-state index contributed by atoms with van der Waals surface area (Å²) in [4.78, 5) is 22.9. The van der Waals surface area contributed by atoms with E-state index in [2.05, 4.69) is 25.9 Å². The van der Waals surface area contributed by atoms with E-state index in [-0.39, 0.29) is 6.09 Å². The second kappa shape index (κ2) is 5.19. The van der Waals surface area contributed by atoms with Gasteiger partial charge in [-0.2, -0.15) is 0 Å². The Morgan fingerprint density at radius 3 is 2.41 bits per heavy atom. The number of halogens is 1. The van der Waals surface area contributed by atoms with Gasteiger partial charge in [0.15, 0.2) is 0 Å². The van der Waals surface area contributed by atoms with Gasteiger partial charge in [0.25, 0.3) is 0 Å². The molecule has 1 aromatic carbocycles. The normalized spacial score (nSPS) is 14.3. The van der Waals surface area contributed by atoms with Crippen LogP contribution < -0.4 is 0 Å². The van der Waals surface area contributed by atoms with Crippen LogP contribution >= 0.6 is 15.9 Å². The van der Waals surface area contributed by atoms with Crippen LogP contribution in [0.5, 0.6) is 0 Å². The Balaban J connectivity index is 2.02. The van der Waals surface area contributed by atoms with E-state index >= 15 is 0 Å². The maximum absolute atomic E-state index is 12.3. The Morgan fingerprint density at radius 2 is 1.77 bits per heavy atom. The van der Waals surface area contributed by atoms with E-state index in [0.29, 0.717) is 13.1 Å².